The molecule has 0 aliphatic heterocycles. The first-order valence-corrected chi connectivity index (χ1v) is 9.02. The zero-order valence-electron chi connectivity index (χ0n) is 12.8. The van der Waals surface area contributed by atoms with Crippen molar-refractivity contribution in [1.29, 1.82) is 0 Å². The molecule has 0 N–H and O–H groups in total. The van der Waals surface area contributed by atoms with E-state index in [1.807, 2.05) is 41.1 Å². The average molecular weight is 355 g/mol. The highest BCUT2D eigenvalue weighted by Gasteiger charge is 2.11. The molecule has 5 nitrogen and oxygen atoms in total. The van der Waals surface area contributed by atoms with Gasteiger partial charge in [0.15, 0.2) is 0 Å². The van der Waals surface area contributed by atoms with Crippen LogP contribution in [0, 0.1) is 0 Å². The first-order chi connectivity index (χ1) is 11.8. The summed E-state index contributed by atoms with van der Waals surface area (Å²) in [4.78, 5) is 21.4. The Morgan fingerprint density at radius 2 is 2.08 bits per heavy atom. The lowest BCUT2D eigenvalue weighted by Crippen LogP contribution is -2.20. The van der Waals surface area contributed by atoms with Crippen LogP contribution in [0.5, 0.6) is 5.75 Å². The molecule has 0 unspecified atom stereocenters. The zero-order valence-corrected chi connectivity index (χ0v) is 14.4. The molecule has 7 heteroatoms. The molecule has 0 fully saturated rings. The van der Waals surface area contributed by atoms with Gasteiger partial charge in [0.25, 0.3) is 5.56 Å². The third-order valence-corrected chi connectivity index (χ3v) is 5.47. The van der Waals surface area contributed by atoms with E-state index in [9.17, 15) is 4.79 Å². The molecule has 0 bridgehead atoms. The Labute approximate surface area is 145 Å². The number of rotatable bonds is 4. The van der Waals surface area contributed by atoms with Crippen molar-refractivity contribution in [3.8, 4) is 16.3 Å². The number of para-hydroxylation sites is 1. The van der Waals surface area contributed by atoms with Crippen LogP contribution in [0.1, 0.15) is 5.69 Å². The summed E-state index contributed by atoms with van der Waals surface area (Å²) in [5, 5.41) is 4.72. The lowest BCUT2D eigenvalue weighted by molar-refractivity contribution is 0.416. The van der Waals surface area contributed by atoms with Crippen LogP contribution in [0.15, 0.2) is 52.2 Å². The Kier molecular flexibility index (Phi) is 3.87. The third-order valence-electron chi connectivity index (χ3n) is 3.66. The van der Waals surface area contributed by atoms with Gasteiger partial charge in [0, 0.05) is 5.38 Å². The number of benzene rings is 1. The van der Waals surface area contributed by atoms with Crippen molar-refractivity contribution in [3.05, 3.63) is 63.5 Å². The Balaban J connectivity index is 1.67. The van der Waals surface area contributed by atoms with Crippen molar-refractivity contribution in [3.63, 3.8) is 0 Å². The largest absolute Gasteiger partial charge is 0.496 e. The summed E-state index contributed by atoms with van der Waals surface area (Å²) >= 11 is 2.95. The van der Waals surface area contributed by atoms with E-state index < -0.39 is 0 Å². The van der Waals surface area contributed by atoms with Gasteiger partial charge in [0.1, 0.15) is 15.5 Å². The van der Waals surface area contributed by atoms with Crippen molar-refractivity contribution < 1.29 is 4.74 Å². The van der Waals surface area contributed by atoms with E-state index in [1.54, 1.807) is 18.0 Å². The highest BCUT2D eigenvalue weighted by molar-refractivity contribution is 7.17. The van der Waals surface area contributed by atoms with Crippen LogP contribution in [-0.4, -0.2) is 21.6 Å². The number of hydrogen-bond donors (Lipinski definition) is 0. The number of ether oxygens (including phenoxy) is 1. The lowest BCUT2D eigenvalue weighted by atomic mass is 10.2. The molecular weight excluding hydrogens is 342 g/mol. The van der Waals surface area contributed by atoms with Crippen LogP contribution in [0.2, 0.25) is 0 Å². The number of hydrogen-bond acceptors (Lipinski definition) is 6. The first-order valence-electron chi connectivity index (χ1n) is 7.26. The molecule has 4 rings (SSSR count). The fourth-order valence-electron chi connectivity index (χ4n) is 2.49. The third kappa shape index (κ3) is 2.61. The molecule has 0 saturated heterocycles. The number of fused-ring (bicyclic) bond motifs is 1. The second-order valence-corrected chi connectivity index (χ2v) is 6.93. The Morgan fingerprint density at radius 1 is 1.21 bits per heavy atom. The van der Waals surface area contributed by atoms with E-state index in [2.05, 4.69) is 9.97 Å². The van der Waals surface area contributed by atoms with Crippen molar-refractivity contribution >= 4 is 32.9 Å². The minimum atomic E-state index is -0.0261. The van der Waals surface area contributed by atoms with Crippen molar-refractivity contribution in [2.24, 2.45) is 0 Å². The van der Waals surface area contributed by atoms with E-state index in [0.29, 0.717) is 11.2 Å². The fraction of sp³-hybridized carbons (Fsp3) is 0.118. The Morgan fingerprint density at radius 3 is 2.96 bits per heavy atom. The standard InChI is InChI=1S/C17H13N3O2S2/c1-22-14-5-3-2-4-12(14)16-19-11(9-24-16)8-20-10-18-13-6-7-23-15(13)17(20)21/h2-7,9-10H,8H2,1H3. The smallest absolute Gasteiger partial charge is 0.271 e. The van der Waals surface area contributed by atoms with E-state index in [0.717, 1.165) is 27.5 Å². The minimum Gasteiger partial charge on any atom is -0.496 e. The predicted octanol–water partition coefficient (Wildman–Crippen LogP) is 3.64. The number of nitrogens with zero attached hydrogens (tertiary/aromatic N) is 3. The summed E-state index contributed by atoms with van der Waals surface area (Å²) in [7, 11) is 1.65. The molecular formula is C17H13N3O2S2. The van der Waals surface area contributed by atoms with E-state index in [-0.39, 0.29) is 5.56 Å². The van der Waals surface area contributed by atoms with Gasteiger partial charge < -0.3 is 4.74 Å². The second-order valence-electron chi connectivity index (χ2n) is 5.16. The fourth-order valence-corrected chi connectivity index (χ4v) is 4.12. The molecule has 120 valence electrons. The zero-order chi connectivity index (χ0) is 16.5. The van der Waals surface area contributed by atoms with Crippen LogP contribution >= 0.6 is 22.7 Å². The number of thiophene rings is 1. The SMILES string of the molecule is COc1ccccc1-c1nc(Cn2cnc3ccsc3c2=O)cs1. The molecule has 0 aliphatic rings. The maximum Gasteiger partial charge on any atom is 0.271 e. The summed E-state index contributed by atoms with van der Waals surface area (Å²) in [5.41, 5.74) is 2.51. The highest BCUT2D eigenvalue weighted by Crippen LogP contribution is 2.31. The van der Waals surface area contributed by atoms with E-state index in [1.165, 1.54) is 22.7 Å². The van der Waals surface area contributed by atoms with Gasteiger partial charge in [-0.05, 0) is 23.6 Å². The van der Waals surface area contributed by atoms with Crippen molar-refractivity contribution in [1.82, 2.24) is 14.5 Å². The van der Waals surface area contributed by atoms with Crippen LogP contribution < -0.4 is 10.3 Å². The van der Waals surface area contributed by atoms with Gasteiger partial charge in [-0.15, -0.1) is 22.7 Å². The van der Waals surface area contributed by atoms with Crippen LogP contribution in [0.3, 0.4) is 0 Å². The quantitative estimate of drug-likeness (QED) is 0.561. The minimum absolute atomic E-state index is 0.0261. The van der Waals surface area contributed by atoms with Crippen LogP contribution in [0.4, 0.5) is 0 Å². The Hall–Kier alpha value is -2.51. The second kappa shape index (κ2) is 6.18. The monoisotopic (exact) mass is 355 g/mol. The molecule has 4 aromatic rings. The number of thiazole rings is 1. The lowest BCUT2D eigenvalue weighted by Gasteiger charge is -2.05. The van der Waals surface area contributed by atoms with Gasteiger partial charge in [0.2, 0.25) is 0 Å². The number of aromatic nitrogens is 3. The molecule has 3 heterocycles. The molecule has 0 saturated carbocycles. The maximum absolute atomic E-state index is 12.5. The summed E-state index contributed by atoms with van der Waals surface area (Å²) in [6.07, 6.45) is 1.58. The molecule has 0 atom stereocenters. The van der Waals surface area contributed by atoms with Gasteiger partial charge in [-0.25, -0.2) is 9.97 Å². The van der Waals surface area contributed by atoms with Gasteiger partial charge in [-0.2, -0.15) is 0 Å². The highest BCUT2D eigenvalue weighted by atomic mass is 32.1. The van der Waals surface area contributed by atoms with Gasteiger partial charge in [-0.3, -0.25) is 9.36 Å². The topological polar surface area (TPSA) is 57.0 Å². The maximum atomic E-state index is 12.5. The molecule has 0 aliphatic carbocycles. The van der Waals surface area contributed by atoms with Gasteiger partial charge in [0.05, 0.1) is 36.8 Å². The van der Waals surface area contributed by atoms with Gasteiger partial charge >= 0.3 is 0 Å². The summed E-state index contributed by atoms with van der Waals surface area (Å²) in [6, 6.07) is 9.63. The molecule has 0 spiro atoms. The molecule has 3 aromatic heterocycles. The van der Waals surface area contributed by atoms with Crippen molar-refractivity contribution in [2.45, 2.75) is 6.54 Å². The van der Waals surface area contributed by atoms with E-state index in [4.69, 9.17) is 4.74 Å². The Bertz CT molecular complexity index is 1060. The summed E-state index contributed by atoms with van der Waals surface area (Å²) in [5.74, 6) is 0.789. The summed E-state index contributed by atoms with van der Waals surface area (Å²) < 4.78 is 7.66. The van der Waals surface area contributed by atoms with Crippen LogP contribution in [-0.2, 0) is 6.54 Å². The summed E-state index contributed by atoms with van der Waals surface area (Å²) in [6.45, 7) is 0.408. The van der Waals surface area contributed by atoms with E-state index >= 15 is 0 Å². The number of methoxy groups -OCH3 is 1. The van der Waals surface area contributed by atoms with Crippen molar-refractivity contribution in [2.75, 3.05) is 7.11 Å². The molecule has 1 aromatic carbocycles. The van der Waals surface area contributed by atoms with Crippen LogP contribution in [0.25, 0.3) is 20.8 Å². The molecule has 0 amide bonds. The first kappa shape index (κ1) is 15.0. The average Bonchev–Trinajstić information content (AvgIpc) is 3.27. The predicted molar refractivity (Wildman–Crippen MR) is 97.1 cm³/mol. The van der Waals surface area contributed by atoms with Gasteiger partial charge in [-0.1, -0.05) is 12.1 Å². The molecule has 24 heavy (non-hydrogen) atoms. The normalized spacial score (nSPS) is 11.0. The molecule has 0 radical (unpaired) electrons.